The summed E-state index contributed by atoms with van der Waals surface area (Å²) >= 11 is 6.21. The van der Waals surface area contributed by atoms with Crippen molar-refractivity contribution >= 4 is 35.4 Å². The molecule has 0 unspecified atom stereocenters. The Labute approximate surface area is 209 Å². The van der Waals surface area contributed by atoms with Crippen LogP contribution >= 0.6 is 11.6 Å². The highest BCUT2D eigenvalue weighted by molar-refractivity contribution is 6.32. The molecule has 186 valence electrons. The van der Waals surface area contributed by atoms with Gasteiger partial charge in [-0.05, 0) is 61.4 Å². The highest BCUT2D eigenvalue weighted by atomic mass is 35.5. The van der Waals surface area contributed by atoms with Crippen molar-refractivity contribution in [2.75, 3.05) is 25.0 Å². The highest BCUT2D eigenvalue weighted by Gasteiger charge is 2.33. The summed E-state index contributed by atoms with van der Waals surface area (Å²) < 4.78 is 5.39. The molecule has 2 aromatic carbocycles. The van der Waals surface area contributed by atoms with Gasteiger partial charge in [0.2, 0.25) is 6.10 Å². The van der Waals surface area contributed by atoms with Crippen molar-refractivity contribution in [2.24, 2.45) is 0 Å². The lowest BCUT2D eigenvalue weighted by Crippen LogP contribution is -2.50. The molecule has 35 heavy (non-hydrogen) atoms. The quantitative estimate of drug-likeness (QED) is 0.624. The summed E-state index contributed by atoms with van der Waals surface area (Å²) in [6, 6.07) is 11.3. The number of para-hydroxylation sites is 1. The maximum atomic E-state index is 12.8. The van der Waals surface area contributed by atoms with Gasteiger partial charge in [-0.1, -0.05) is 41.9 Å². The first-order valence-corrected chi connectivity index (χ1v) is 12.2. The van der Waals surface area contributed by atoms with Crippen molar-refractivity contribution in [3.8, 4) is 0 Å². The van der Waals surface area contributed by atoms with E-state index in [1.165, 1.54) is 4.90 Å². The number of carbonyl (C=O) groups is 3. The Morgan fingerprint density at radius 2 is 1.80 bits per heavy atom. The zero-order chi connectivity index (χ0) is 25.1. The Kier molecular flexibility index (Phi) is 7.50. The van der Waals surface area contributed by atoms with Crippen LogP contribution in [-0.2, 0) is 22.4 Å². The van der Waals surface area contributed by atoms with E-state index in [-0.39, 0.29) is 18.5 Å². The number of benzene rings is 2. The summed E-state index contributed by atoms with van der Waals surface area (Å²) in [4.78, 5) is 40.7. The molecule has 2 aromatic rings. The molecule has 1 fully saturated rings. The van der Waals surface area contributed by atoms with Crippen LogP contribution in [0.3, 0.4) is 0 Å². The van der Waals surface area contributed by atoms with Gasteiger partial charge in [-0.25, -0.2) is 14.4 Å². The number of fused-ring (bicyclic) bond motifs is 1. The third kappa shape index (κ3) is 5.70. The average molecular weight is 500 g/mol. The van der Waals surface area contributed by atoms with Crippen LogP contribution in [0.4, 0.5) is 15.3 Å². The number of ether oxygens (including phenoxy) is 1. The highest BCUT2D eigenvalue weighted by Crippen LogP contribution is 2.26. The summed E-state index contributed by atoms with van der Waals surface area (Å²) in [5.41, 5.74) is 4.39. The Balaban J connectivity index is 1.33. The van der Waals surface area contributed by atoms with Crippen molar-refractivity contribution in [1.29, 1.82) is 0 Å². The average Bonchev–Trinajstić information content (AvgIpc) is 3.00. The number of rotatable bonds is 5. The van der Waals surface area contributed by atoms with Gasteiger partial charge in [-0.3, -0.25) is 0 Å². The second kappa shape index (κ2) is 10.6. The standard InChI is InChI=1S/C26H30ClN3O5/c1-16-13-18(14-17(2)23(16)27)15-22(24(31)32)35-26(34)29-10-8-20(9-11-29)30-12-7-19-5-3-4-6-21(19)28-25(30)33/h3-6,13-14,20,22H,7-12,15H2,1-2H3,(H,28,33)(H,31,32)/t22-/m1/s1. The number of hydrogen-bond acceptors (Lipinski definition) is 4. The molecule has 0 bridgehead atoms. The number of amides is 3. The Morgan fingerprint density at radius 1 is 1.14 bits per heavy atom. The molecule has 0 spiro atoms. The van der Waals surface area contributed by atoms with E-state index < -0.39 is 18.2 Å². The van der Waals surface area contributed by atoms with Gasteiger partial charge in [0, 0.05) is 42.8 Å². The monoisotopic (exact) mass is 499 g/mol. The maximum absolute atomic E-state index is 12.8. The number of aliphatic carboxylic acids is 1. The van der Waals surface area contributed by atoms with Crippen molar-refractivity contribution in [1.82, 2.24) is 9.80 Å². The molecule has 0 aliphatic carbocycles. The van der Waals surface area contributed by atoms with Crippen LogP contribution < -0.4 is 5.32 Å². The van der Waals surface area contributed by atoms with E-state index in [0.717, 1.165) is 34.4 Å². The molecule has 4 rings (SSSR count). The minimum Gasteiger partial charge on any atom is -0.478 e. The van der Waals surface area contributed by atoms with Crippen LogP contribution in [0.25, 0.3) is 0 Å². The van der Waals surface area contributed by atoms with E-state index in [0.29, 0.717) is 37.5 Å². The second-order valence-corrected chi connectivity index (χ2v) is 9.59. The van der Waals surface area contributed by atoms with Gasteiger partial charge < -0.3 is 25.0 Å². The Hall–Kier alpha value is -3.26. The van der Waals surface area contributed by atoms with Crippen molar-refractivity contribution < 1.29 is 24.2 Å². The van der Waals surface area contributed by atoms with Gasteiger partial charge >= 0.3 is 18.1 Å². The van der Waals surface area contributed by atoms with Crippen LogP contribution in [0.1, 0.15) is 35.1 Å². The number of nitrogens with zero attached hydrogens (tertiary/aromatic N) is 2. The molecular weight excluding hydrogens is 470 g/mol. The number of nitrogens with one attached hydrogen (secondary N) is 1. The summed E-state index contributed by atoms with van der Waals surface area (Å²) in [6.45, 7) is 5.11. The molecule has 3 amide bonds. The molecule has 0 radical (unpaired) electrons. The fourth-order valence-corrected chi connectivity index (χ4v) is 4.95. The van der Waals surface area contributed by atoms with Crippen LogP contribution in [0.2, 0.25) is 5.02 Å². The largest absolute Gasteiger partial charge is 0.478 e. The summed E-state index contributed by atoms with van der Waals surface area (Å²) in [5, 5.41) is 13.3. The van der Waals surface area contributed by atoms with Crippen LogP contribution in [0.15, 0.2) is 36.4 Å². The fourth-order valence-electron chi connectivity index (χ4n) is 4.84. The number of aryl methyl sites for hydroxylation is 2. The van der Waals surface area contributed by atoms with Crippen LogP contribution in [-0.4, -0.2) is 64.8 Å². The molecule has 1 saturated heterocycles. The lowest BCUT2D eigenvalue weighted by molar-refractivity contribution is -0.147. The van der Waals surface area contributed by atoms with Gasteiger partial charge in [-0.15, -0.1) is 0 Å². The molecule has 8 nitrogen and oxygen atoms in total. The molecule has 2 aliphatic heterocycles. The number of carboxylic acids is 1. The van der Waals surface area contributed by atoms with E-state index in [2.05, 4.69) is 5.32 Å². The predicted octanol–water partition coefficient (Wildman–Crippen LogP) is 4.64. The second-order valence-electron chi connectivity index (χ2n) is 9.21. The number of carboxylic acid groups (broad SMARTS) is 1. The van der Waals surface area contributed by atoms with Gasteiger partial charge in [-0.2, -0.15) is 0 Å². The van der Waals surface area contributed by atoms with Gasteiger partial charge in [0.25, 0.3) is 0 Å². The van der Waals surface area contributed by atoms with Crippen LogP contribution in [0.5, 0.6) is 0 Å². The summed E-state index contributed by atoms with van der Waals surface area (Å²) in [6.07, 6.45) is 0.0886. The zero-order valence-electron chi connectivity index (χ0n) is 19.9. The van der Waals surface area contributed by atoms with E-state index >= 15 is 0 Å². The van der Waals surface area contributed by atoms with Crippen molar-refractivity contribution in [3.05, 3.63) is 63.7 Å². The number of carbonyl (C=O) groups excluding carboxylic acids is 2. The topological polar surface area (TPSA) is 99.2 Å². The number of urea groups is 1. The SMILES string of the molecule is Cc1cc(C[C@@H](OC(=O)N2CCC(N3CCc4ccccc4NC3=O)CC2)C(=O)O)cc(C)c1Cl. The molecule has 2 aliphatic rings. The maximum Gasteiger partial charge on any atom is 0.410 e. The van der Waals surface area contributed by atoms with Gasteiger partial charge in [0.05, 0.1) is 0 Å². The van der Waals surface area contributed by atoms with Gasteiger partial charge in [0.15, 0.2) is 0 Å². The third-order valence-corrected chi connectivity index (χ3v) is 7.34. The number of likely N-dealkylation sites (tertiary alicyclic amines) is 1. The zero-order valence-corrected chi connectivity index (χ0v) is 20.7. The smallest absolute Gasteiger partial charge is 0.410 e. The number of halogens is 1. The normalized spacial score (nSPS) is 17.3. The molecule has 2 N–H and O–H groups in total. The van der Waals surface area contributed by atoms with E-state index in [4.69, 9.17) is 16.3 Å². The number of anilines is 1. The van der Waals surface area contributed by atoms with Crippen molar-refractivity contribution in [2.45, 2.75) is 51.7 Å². The molecule has 0 saturated carbocycles. The first kappa shape index (κ1) is 24.9. The molecule has 0 aromatic heterocycles. The number of piperidine rings is 1. The molecule has 2 heterocycles. The molecule has 1 atom stereocenters. The molecule has 9 heteroatoms. The van der Waals surface area contributed by atoms with Crippen molar-refractivity contribution in [3.63, 3.8) is 0 Å². The minimum absolute atomic E-state index is 0.00338. The fraction of sp³-hybridized carbons (Fsp3) is 0.423. The van der Waals surface area contributed by atoms with Crippen LogP contribution in [0, 0.1) is 13.8 Å². The minimum atomic E-state index is -1.30. The first-order valence-electron chi connectivity index (χ1n) is 11.8. The third-order valence-electron chi connectivity index (χ3n) is 6.74. The van der Waals surface area contributed by atoms with E-state index in [1.54, 1.807) is 0 Å². The predicted molar refractivity (Wildman–Crippen MR) is 133 cm³/mol. The van der Waals surface area contributed by atoms with E-state index in [1.807, 2.05) is 55.1 Å². The lowest BCUT2D eigenvalue weighted by atomic mass is 10.0. The lowest BCUT2D eigenvalue weighted by Gasteiger charge is -2.37. The Morgan fingerprint density at radius 3 is 2.46 bits per heavy atom. The first-order chi connectivity index (χ1) is 16.7. The molecular formula is C26H30ClN3O5. The Bertz CT molecular complexity index is 1110. The summed E-state index contributed by atoms with van der Waals surface area (Å²) in [7, 11) is 0. The van der Waals surface area contributed by atoms with Gasteiger partial charge in [0.1, 0.15) is 0 Å². The van der Waals surface area contributed by atoms with E-state index in [9.17, 15) is 19.5 Å². The number of hydrogen-bond donors (Lipinski definition) is 2. The summed E-state index contributed by atoms with van der Waals surface area (Å²) in [5.74, 6) is -1.20.